The second kappa shape index (κ2) is 7.11. The Morgan fingerprint density at radius 1 is 1.24 bits per heavy atom. The number of ether oxygens (including phenoxy) is 1. The fourth-order valence-corrected chi connectivity index (χ4v) is 2.46. The van der Waals surface area contributed by atoms with E-state index in [1.807, 2.05) is 19.1 Å². The van der Waals surface area contributed by atoms with Gasteiger partial charge in [-0.15, -0.1) is 0 Å². The minimum absolute atomic E-state index is 0.0000352. The number of likely N-dealkylation sites (tertiary alicyclic amines) is 1. The van der Waals surface area contributed by atoms with Gasteiger partial charge in [-0.05, 0) is 43.5 Å². The summed E-state index contributed by atoms with van der Waals surface area (Å²) in [5.41, 5.74) is 5.95. The Bertz CT molecular complexity index is 491. The molecule has 1 saturated heterocycles. The molecule has 2 amide bonds. The van der Waals surface area contributed by atoms with E-state index in [1.54, 1.807) is 17.0 Å². The van der Waals surface area contributed by atoms with Crippen LogP contribution < -0.4 is 10.5 Å². The molecule has 114 valence electrons. The van der Waals surface area contributed by atoms with Crippen molar-refractivity contribution >= 4 is 11.8 Å². The summed E-state index contributed by atoms with van der Waals surface area (Å²) in [6.07, 6.45) is 2.26. The average molecular weight is 290 g/mol. The number of piperidine rings is 1. The molecule has 1 aliphatic heterocycles. The van der Waals surface area contributed by atoms with Gasteiger partial charge in [0.15, 0.2) is 0 Å². The van der Waals surface area contributed by atoms with Gasteiger partial charge in [0, 0.05) is 24.6 Å². The van der Waals surface area contributed by atoms with Crippen LogP contribution in [0.3, 0.4) is 0 Å². The molecule has 0 bridgehead atoms. The summed E-state index contributed by atoms with van der Waals surface area (Å²) in [6, 6.07) is 7.21. The predicted octanol–water partition coefficient (Wildman–Crippen LogP) is 1.81. The summed E-state index contributed by atoms with van der Waals surface area (Å²) >= 11 is 0. The zero-order valence-electron chi connectivity index (χ0n) is 12.4. The molecule has 5 heteroatoms. The number of carbonyl (C=O) groups is 2. The molecule has 0 unspecified atom stereocenters. The first-order valence-electron chi connectivity index (χ1n) is 7.43. The predicted molar refractivity (Wildman–Crippen MR) is 80.0 cm³/mol. The molecule has 0 atom stereocenters. The minimum Gasteiger partial charge on any atom is -0.494 e. The van der Waals surface area contributed by atoms with E-state index in [1.165, 1.54) is 0 Å². The van der Waals surface area contributed by atoms with Crippen molar-refractivity contribution in [2.45, 2.75) is 26.2 Å². The summed E-state index contributed by atoms with van der Waals surface area (Å²) in [4.78, 5) is 25.3. The number of hydrogen-bond donors (Lipinski definition) is 1. The highest BCUT2D eigenvalue weighted by Crippen LogP contribution is 2.20. The molecule has 21 heavy (non-hydrogen) atoms. The number of primary amides is 1. The highest BCUT2D eigenvalue weighted by molar-refractivity contribution is 5.94. The first-order valence-corrected chi connectivity index (χ1v) is 7.43. The van der Waals surface area contributed by atoms with Crippen LogP contribution in [-0.2, 0) is 4.79 Å². The third-order valence-electron chi connectivity index (χ3n) is 3.76. The van der Waals surface area contributed by atoms with Crippen molar-refractivity contribution in [3.8, 4) is 5.75 Å². The van der Waals surface area contributed by atoms with Gasteiger partial charge in [-0.25, -0.2) is 0 Å². The largest absolute Gasteiger partial charge is 0.494 e. The molecule has 1 aliphatic rings. The molecule has 1 fully saturated rings. The van der Waals surface area contributed by atoms with E-state index in [9.17, 15) is 9.59 Å². The van der Waals surface area contributed by atoms with Crippen LogP contribution in [-0.4, -0.2) is 36.4 Å². The molecule has 0 spiro atoms. The Morgan fingerprint density at radius 2 is 1.86 bits per heavy atom. The van der Waals surface area contributed by atoms with Crippen LogP contribution in [0.25, 0.3) is 0 Å². The molecule has 2 rings (SSSR count). The van der Waals surface area contributed by atoms with Gasteiger partial charge < -0.3 is 15.4 Å². The van der Waals surface area contributed by atoms with E-state index in [4.69, 9.17) is 10.5 Å². The maximum Gasteiger partial charge on any atom is 0.253 e. The van der Waals surface area contributed by atoms with Crippen molar-refractivity contribution < 1.29 is 14.3 Å². The van der Waals surface area contributed by atoms with E-state index in [0.29, 0.717) is 38.1 Å². The van der Waals surface area contributed by atoms with Gasteiger partial charge in [-0.3, -0.25) is 9.59 Å². The summed E-state index contributed by atoms with van der Waals surface area (Å²) < 4.78 is 5.50. The lowest BCUT2D eigenvalue weighted by Crippen LogP contribution is -2.41. The average Bonchev–Trinajstić information content (AvgIpc) is 2.53. The van der Waals surface area contributed by atoms with Gasteiger partial charge in [-0.2, -0.15) is 0 Å². The number of benzene rings is 1. The lowest BCUT2D eigenvalue weighted by Gasteiger charge is -2.30. The van der Waals surface area contributed by atoms with Crippen LogP contribution in [0, 0.1) is 5.92 Å². The molecular formula is C16H22N2O3. The maximum atomic E-state index is 12.4. The smallest absolute Gasteiger partial charge is 0.253 e. The molecule has 2 N–H and O–H groups in total. The number of amides is 2. The molecule has 0 radical (unpaired) electrons. The summed E-state index contributed by atoms with van der Waals surface area (Å²) in [6.45, 7) is 3.89. The summed E-state index contributed by atoms with van der Waals surface area (Å²) in [7, 11) is 0. The number of hydrogen-bond acceptors (Lipinski definition) is 3. The van der Waals surface area contributed by atoms with Gasteiger partial charge >= 0.3 is 0 Å². The molecule has 1 aromatic carbocycles. The molecule has 0 aromatic heterocycles. The lowest BCUT2D eigenvalue weighted by molar-refractivity contribution is -0.123. The highest BCUT2D eigenvalue weighted by atomic mass is 16.5. The highest BCUT2D eigenvalue weighted by Gasteiger charge is 2.26. The van der Waals surface area contributed by atoms with Gasteiger partial charge in [0.1, 0.15) is 5.75 Å². The van der Waals surface area contributed by atoms with Gasteiger partial charge in [0.25, 0.3) is 5.91 Å². The van der Waals surface area contributed by atoms with Gasteiger partial charge in [-0.1, -0.05) is 6.92 Å². The monoisotopic (exact) mass is 290 g/mol. The molecule has 0 saturated carbocycles. The first-order chi connectivity index (χ1) is 10.1. The van der Waals surface area contributed by atoms with Gasteiger partial charge in [0.05, 0.1) is 6.61 Å². The second-order valence-electron chi connectivity index (χ2n) is 5.34. The SMILES string of the molecule is CCCOc1ccc(C(=O)N2CCC(C(N)=O)CC2)cc1. The standard InChI is InChI=1S/C16H22N2O3/c1-2-11-21-14-5-3-13(4-6-14)16(20)18-9-7-12(8-10-18)15(17)19/h3-6,12H,2,7-11H2,1H3,(H2,17,19). The van der Waals surface area contributed by atoms with E-state index in [0.717, 1.165) is 12.2 Å². The Kier molecular flexibility index (Phi) is 5.20. The topological polar surface area (TPSA) is 72.6 Å². The first kappa shape index (κ1) is 15.4. The van der Waals surface area contributed by atoms with E-state index >= 15 is 0 Å². The molecule has 5 nitrogen and oxygen atoms in total. The van der Waals surface area contributed by atoms with Crippen LogP contribution in [0.1, 0.15) is 36.5 Å². The Labute approximate surface area is 125 Å². The van der Waals surface area contributed by atoms with E-state index < -0.39 is 0 Å². The van der Waals surface area contributed by atoms with E-state index in [-0.39, 0.29) is 17.7 Å². The van der Waals surface area contributed by atoms with Crippen molar-refractivity contribution in [2.24, 2.45) is 11.7 Å². The van der Waals surface area contributed by atoms with Crippen molar-refractivity contribution in [1.82, 2.24) is 4.90 Å². The number of nitrogens with zero attached hydrogens (tertiary/aromatic N) is 1. The third kappa shape index (κ3) is 3.97. The quantitative estimate of drug-likeness (QED) is 0.899. The van der Waals surface area contributed by atoms with Crippen LogP contribution in [0.4, 0.5) is 0 Å². The number of nitrogens with two attached hydrogens (primary N) is 1. The van der Waals surface area contributed by atoms with Crippen molar-refractivity contribution in [3.63, 3.8) is 0 Å². The fraction of sp³-hybridized carbons (Fsp3) is 0.500. The molecule has 0 aliphatic carbocycles. The maximum absolute atomic E-state index is 12.4. The van der Waals surface area contributed by atoms with Crippen LogP contribution >= 0.6 is 0 Å². The Morgan fingerprint density at radius 3 is 2.38 bits per heavy atom. The zero-order chi connectivity index (χ0) is 15.2. The zero-order valence-corrected chi connectivity index (χ0v) is 12.4. The number of rotatable bonds is 5. The second-order valence-corrected chi connectivity index (χ2v) is 5.34. The van der Waals surface area contributed by atoms with Crippen molar-refractivity contribution in [1.29, 1.82) is 0 Å². The van der Waals surface area contributed by atoms with E-state index in [2.05, 4.69) is 0 Å². The minimum atomic E-state index is -0.264. The van der Waals surface area contributed by atoms with Crippen LogP contribution in [0.5, 0.6) is 5.75 Å². The number of carbonyl (C=O) groups excluding carboxylic acids is 2. The Hall–Kier alpha value is -2.04. The van der Waals surface area contributed by atoms with Gasteiger partial charge in [0.2, 0.25) is 5.91 Å². The fourth-order valence-electron chi connectivity index (χ4n) is 2.46. The van der Waals surface area contributed by atoms with Crippen molar-refractivity contribution in [3.05, 3.63) is 29.8 Å². The molecule has 1 aromatic rings. The molecular weight excluding hydrogens is 268 g/mol. The lowest BCUT2D eigenvalue weighted by atomic mass is 9.96. The van der Waals surface area contributed by atoms with Crippen LogP contribution in [0.2, 0.25) is 0 Å². The Balaban J connectivity index is 1.93. The third-order valence-corrected chi connectivity index (χ3v) is 3.76. The summed E-state index contributed by atoms with van der Waals surface area (Å²) in [5, 5.41) is 0. The molecule has 1 heterocycles. The van der Waals surface area contributed by atoms with Crippen LogP contribution in [0.15, 0.2) is 24.3 Å². The van der Waals surface area contributed by atoms with Crippen molar-refractivity contribution in [2.75, 3.05) is 19.7 Å². The normalized spacial score (nSPS) is 15.8. The summed E-state index contributed by atoms with van der Waals surface area (Å²) in [5.74, 6) is 0.416.